The fourth-order valence-corrected chi connectivity index (χ4v) is 3.01. The molecule has 2 amide bonds. The summed E-state index contributed by atoms with van der Waals surface area (Å²) in [5, 5.41) is 14.2. The molecule has 2 heterocycles. The number of aromatic nitrogens is 1. The molecule has 7 heteroatoms. The van der Waals surface area contributed by atoms with Crippen LogP contribution >= 0.6 is 11.3 Å². The molecule has 0 aromatic carbocycles. The molecule has 0 atom stereocenters. The molecule has 1 fully saturated rings. The van der Waals surface area contributed by atoms with Crippen LogP contribution in [0.1, 0.15) is 42.8 Å². The van der Waals surface area contributed by atoms with Gasteiger partial charge in [-0.15, -0.1) is 11.3 Å². The van der Waals surface area contributed by atoms with Crippen LogP contribution in [-0.2, 0) is 22.7 Å². The van der Waals surface area contributed by atoms with Crippen molar-refractivity contribution in [3.05, 3.63) is 16.1 Å². The van der Waals surface area contributed by atoms with Gasteiger partial charge in [0.15, 0.2) is 0 Å². The lowest BCUT2D eigenvalue weighted by Gasteiger charge is -2.24. The number of likely N-dealkylation sites (tertiary alicyclic amines) is 1. The molecule has 2 rings (SSSR count). The van der Waals surface area contributed by atoms with Crippen molar-refractivity contribution in [2.75, 3.05) is 13.1 Å². The Morgan fingerprint density at radius 2 is 2.19 bits per heavy atom. The van der Waals surface area contributed by atoms with Crippen molar-refractivity contribution in [3.63, 3.8) is 0 Å². The van der Waals surface area contributed by atoms with Crippen molar-refractivity contribution in [1.29, 1.82) is 0 Å². The third-order valence-electron chi connectivity index (χ3n) is 3.45. The Morgan fingerprint density at radius 1 is 1.38 bits per heavy atom. The minimum Gasteiger partial charge on any atom is -0.390 e. The number of hydrogen-bond donors (Lipinski definition) is 2. The summed E-state index contributed by atoms with van der Waals surface area (Å²) in [4.78, 5) is 29.7. The molecule has 116 valence electrons. The standard InChI is InChI=1S/C14H21N3O3S/c18-9-11-10-21-13(16-11)7-15-12(19)8-17-6-4-2-1-3-5-14(17)20/h10,18H,1-9H2,(H,15,19). The van der Waals surface area contributed by atoms with Gasteiger partial charge in [-0.3, -0.25) is 9.59 Å². The van der Waals surface area contributed by atoms with Crippen LogP contribution < -0.4 is 5.32 Å². The highest BCUT2D eigenvalue weighted by Crippen LogP contribution is 2.12. The molecule has 0 bridgehead atoms. The number of carbonyl (C=O) groups excluding carboxylic acids is 2. The van der Waals surface area contributed by atoms with E-state index in [9.17, 15) is 9.59 Å². The van der Waals surface area contributed by atoms with Crippen molar-refractivity contribution < 1.29 is 14.7 Å². The average molecular weight is 311 g/mol. The Hall–Kier alpha value is -1.47. The number of aliphatic hydroxyl groups excluding tert-OH is 1. The molecule has 0 saturated carbocycles. The monoisotopic (exact) mass is 311 g/mol. The Balaban J connectivity index is 1.78. The van der Waals surface area contributed by atoms with Crippen LogP contribution in [0.3, 0.4) is 0 Å². The Kier molecular flexibility index (Phi) is 6.13. The summed E-state index contributed by atoms with van der Waals surface area (Å²) < 4.78 is 0. The average Bonchev–Trinajstić information content (AvgIpc) is 2.93. The van der Waals surface area contributed by atoms with Crippen LogP contribution in [0.2, 0.25) is 0 Å². The van der Waals surface area contributed by atoms with Crippen LogP contribution in [0.5, 0.6) is 0 Å². The van der Waals surface area contributed by atoms with Gasteiger partial charge in [0, 0.05) is 18.3 Å². The lowest BCUT2D eigenvalue weighted by Crippen LogP contribution is -2.41. The second kappa shape index (κ2) is 8.09. The molecule has 0 aliphatic carbocycles. The topological polar surface area (TPSA) is 82.5 Å². The van der Waals surface area contributed by atoms with Gasteiger partial charge in [-0.05, 0) is 12.8 Å². The number of carbonyl (C=O) groups is 2. The third-order valence-corrected chi connectivity index (χ3v) is 4.35. The number of amides is 2. The first-order valence-corrected chi connectivity index (χ1v) is 8.15. The molecule has 1 saturated heterocycles. The molecule has 1 aliphatic heterocycles. The summed E-state index contributed by atoms with van der Waals surface area (Å²) in [5.41, 5.74) is 0.614. The van der Waals surface area contributed by atoms with Gasteiger partial charge in [-0.1, -0.05) is 12.8 Å². The van der Waals surface area contributed by atoms with E-state index in [1.54, 1.807) is 10.3 Å². The number of rotatable bonds is 5. The summed E-state index contributed by atoms with van der Waals surface area (Å²) in [7, 11) is 0. The third kappa shape index (κ3) is 5.09. The summed E-state index contributed by atoms with van der Waals surface area (Å²) in [6.07, 6.45) is 4.64. The zero-order chi connectivity index (χ0) is 15.1. The van der Waals surface area contributed by atoms with Crippen molar-refractivity contribution >= 4 is 23.2 Å². The maximum absolute atomic E-state index is 11.9. The highest BCUT2D eigenvalue weighted by molar-refractivity contribution is 7.09. The van der Waals surface area contributed by atoms with Crippen molar-refractivity contribution in [2.45, 2.75) is 45.3 Å². The normalized spacial score (nSPS) is 16.4. The van der Waals surface area contributed by atoms with Gasteiger partial charge in [-0.2, -0.15) is 0 Å². The van der Waals surface area contributed by atoms with E-state index in [-0.39, 0.29) is 25.0 Å². The van der Waals surface area contributed by atoms with E-state index in [4.69, 9.17) is 5.11 Å². The molecule has 0 spiro atoms. The zero-order valence-corrected chi connectivity index (χ0v) is 12.8. The zero-order valence-electron chi connectivity index (χ0n) is 12.0. The van der Waals surface area contributed by atoms with Gasteiger partial charge in [0.05, 0.1) is 25.4 Å². The molecule has 2 N–H and O–H groups in total. The minimum absolute atomic E-state index is 0.0710. The van der Waals surface area contributed by atoms with Crippen LogP contribution in [-0.4, -0.2) is 39.9 Å². The van der Waals surface area contributed by atoms with E-state index in [0.29, 0.717) is 25.2 Å². The smallest absolute Gasteiger partial charge is 0.239 e. The van der Waals surface area contributed by atoms with Crippen molar-refractivity contribution in [3.8, 4) is 0 Å². The number of aliphatic hydroxyl groups is 1. The van der Waals surface area contributed by atoms with Gasteiger partial charge in [0.25, 0.3) is 0 Å². The van der Waals surface area contributed by atoms with Crippen molar-refractivity contribution in [2.24, 2.45) is 0 Å². The van der Waals surface area contributed by atoms with E-state index in [0.717, 1.165) is 30.7 Å². The van der Waals surface area contributed by atoms with Gasteiger partial charge in [0.2, 0.25) is 11.8 Å². The van der Waals surface area contributed by atoms with Gasteiger partial charge >= 0.3 is 0 Å². The molecule has 6 nitrogen and oxygen atoms in total. The number of nitrogens with one attached hydrogen (secondary N) is 1. The summed E-state index contributed by atoms with van der Waals surface area (Å²) in [6.45, 7) is 1.04. The second-order valence-electron chi connectivity index (χ2n) is 5.15. The fourth-order valence-electron chi connectivity index (χ4n) is 2.29. The first kappa shape index (κ1) is 15.9. The van der Waals surface area contributed by atoms with Crippen LogP contribution in [0, 0.1) is 0 Å². The first-order valence-electron chi connectivity index (χ1n) is 7.27. The SMILES string of the molecule is O=C(CN1CCCCCCC1=O)NCc1nc(CO)cs1. The lowest BCUT2D eigenvalue weighted by atomic mass is 10.1. The Bertz CT molecular complexity index is 490. The van der Waals surface area contributed by atoms with E-state index < -0.39 is 0 Å². The van der Waals surface area contributed by atoms with Crippen LogP contribution in [0.15, 0.2) is 5.38 Å². The lowest BCUT2D eigenvalue weighted by molar-refractivity contribution is -0.136. The second-order valence-corrected chi connectivity index (χ2v) is 6.09. The van der Waals surface area contributed by atoms with Crippen LogP contribution in [0.4, 0.5) is 0 Å². The summed E-state index contributed by atoms with van der Waals surface area (Å²) >= 11 is 1.40. The molecule has 0 unspecified atom stereocenters. The first-order chi connectivity index (χ1) is 10.2. The number of nitrogens with zero attached hydrogens (tertiary/aromatic N) is 2. The molecule has 1 aliphatic rings. The minimum atomic E-state index is -0.162. The molecular weight excluding hydrogens is 290 g/mol. The van der Waals surface area contributed by atoms with Gasteiger partial charge in [0.1, 0.15) is 5.01 Å². The maximum Gasteiger partial charge on any atom is 0.239 e. The Labute approximate surface area is 128 Å². The molecular formula is C14H21N3O3S. The summed E-state index contributed by atoms with van der Waals surface area (Å²) in [6, 6.07) is 0. The molecule has 0 radical (unpaired) electrons. The predicted octanol–water partition coefficient (Wildman–Crippen LogP) is 1.04. The van der Waals surface area contributed by atoms with E-state index >= 15 is 0 Å². The number of hydrogen-bond acceptors (Lipinski definition) is 5. The quantitative estimate of drug-likeness (QED) is 0.851. The highest BCUT2D eigenvalue weighted by Gasteiger charge is 2.18. The highest BCUT2D eigenvalue weighted by atomic mass is 32.1. The predicted molar refractivity (Wildman–Crippen MR) is 79.5 cm³/mol. The molecule has 1 aromatic rings. The van der Waals surface area contributed by atoms with Gasteiger partial charge < -0.3 is 15.3 Å². The van der Waals surface area contributed by atoms with E-state index in [2.05, 4.69) is 10.3 Å². The molecule has 1 aromatic heterocycles. The van der Waals surface area contributed by atoms with Crippen LogP contribution in [0.25, 0.3) is 0 Å². The molecule has 21 heavy (non-hydrogen) atoms. The van der Waals surface area contributed by atoms with E-state index in [1.807, 2.05) is 0 Å². The fraction of sp³-hybridized carbons (Fsp3) is 0.643. The van der Waals surface area contributed by atoms with Crippen molar-refractivity contribution in [1.82, 2.24) is 15.2 Å². The maximum atomic E-state index is 11.9. The largest absolute Gasteiger partial charge is 0.390 e. The summed E-state index contributed by atoms with van der Waals surface area (Å²) in [5.74, 6) is -0.0914. The Morgan fingerprint density at radius 3 is 2.95 bits per heavy atom. The van der Waals surface area contributed by atoms with E-state index in [1.165, 1.54) is 11.3 Å². The number of thiazole rings is 1. The van der Waals surface area contributed by atoms with Gasteiger partial charge in [-0.25, -0.2) is 4.98 Å².